The smallest absolute Gasteiger partial charge is 1.00 e. The molecule has 4 rings (SSSR count). The topological polar surface area (TPSA) is 0 Å². The summed E-state index contributed by atoms with van der Waals surface area (Å²) >= 11 is 2.29. The van der Waals surface area contributed by atoms with E-state index in [9.17, 15) is 0 Å². The van der Waals surface area contributed by atoms with Crippen molar-refractivity contribution in [1.29, 1.82) is 0 Å². The number of halogens is 3. The molecule has 3 aromatic carbocycles. The van der Waals surface area contributed by atoms with E-state index in [1.807, 2.05) is 0 Å². The van der Waals surface area contributed by atoms with Gasteiger partial charge in [0, 0.05) is 0 Å². The van der Waals surface area contributed by atoms with Gasteiger partial charge in [0.2, 0.25) is 0 Å². The van der Waals surface area contributed by atoms with Crippen LogP contribution in [0.15, 0.2) is 90.5 Å². The third-order valence-electron chi connectivity index (χ3n) is 6.44. The molecule has 0 saturated heterocycles. The fourth-order valence-electron chi connectivity index (χ4n) is 5.33. The zero-order valence-corrected chi connectivity index (χ0v) is 22.1. The Kier molecular flexibility index (Phi) is 9.70. The van der Waals surface area contributed by atoms with Crippen molar-refractivity contribution in [2.24, 2.45) is 5.41 Å². The van der Waals surface area contributed by atoms with E-state index in [4.69, 9.17) is 0 Å². The van der Waals surface area contributed by atoms with Crippen molar-refractivity contribution in [3.05, 3.63) is 113 Å². The average molecular weight is 506 g/mol. The predicted molar refractivity (Wildman–Crippen MR) is 115 cm³/mol. The first-order chi connectivity index (χ1) is 13.4. The van der Waals surface area contributed by atoms with Crippen LogP contribution < -0.4 is 37.2 Å². The fourth-order valence-corrected chi connectivity index (χ4v) is 5.91. The summed E-state index contributed by atoms with van der Waals surface area (Å²) in [5, 5.41) is 0. The number of allylic oxidation sites excluding steroid dienone is 1. The largest absolute Gasteiger partial charge is 1.00 e. The summed E-state index contributed by atoms with van der Waals surface area (Å²) in [5.74, 6) is 0.313. The van der Waals surface area contributed by atoms with Crippen molar-refractivity contribution in [3.63, 3.8) is 0 Å². The second-order valence-electron chi connectivity index (χ2n) is 8.87. The summed E-state index contributed by atoms with van der Waals surface area (Å²) < 4.78 is 1.43. The molecule has 3 aromatic rings. The van der Waals surface area contributed by atoms with E-state index in [1.165, 1.54) is 31.7 Å². The van der Waals surface area contributed by atoms with Crippen LogP contribution in [-0.2, 0) is 25.9 Å². The molecule has 0 aliphatic heterocycles. The molecule has 160 valence electrons. The molecule has 0 N–H and O–H groups in total. The van der Waals surface area contributed by atoms with Crippen molar-refractivity contribution in [2.45, 2.75) is 39.0 Å². The standard InChI is InChI=1S/C27H27.3ClH.Ti/c1-20-19-21-13-11-12-18-24(21)25(20)27(26(2,3)4,22-14-7-5-8-15-22)23-16-9-6-10-17-23;;;;/h5-18,25H,1-4H3;3*1H;/q;;;;+3/p-3. The van der Waals surface area contributed by atoms with Gasteiger partial charge in [-0.2, -0.15) is 0 Å². The Bertz CT molecular complexity index is 982. The van der Waals surface area contributed by atoms with E-state index < -0.39 is 0 Å². The van der Waals surface area contributed by atoms with Crippen LogP contribution >= 0.6 is 0 Å². The van der Waals surface area contributed by atoms with Gasteiger partial charge in [0.1, 0.15) is 0 Å². The van der Waals surface area contributed by atoms with Crippen molar-refractivity contribution in [2.75, 3.05) is 0 Å². The fraction of sp³-hybridized carbons (Fsp3) is 0.259. The van der Waals surface area contributed by atoms with Crippen molar-refractivity contribution in [1.82, 2.24) is 0 Å². The molecule has 0 nitrogen and oxygen atoms in total. The molecular formula is C27H27Cl3Ti. The summed E-state index contributed by atoms with van der Waals surface area (Å²) in [6.45, 7) is 9.54. The van der Waals surface area contributed by atoms with Crippen molar-refractivity contribution < 1.29 is 57.7 Å². The number of hydrogen-bond acceptors (Lipinski definition) is 0. The molecule has 0 saturated carbocycles. The SMILES string of the molecule is CC1=[C]([Ti+3])c2ccccc2C1C(c1ccccc1)(c1ccccc1)C(C)(C)C.[Cl-].[Cl-].[Cl-]. The van der Waals surface area contributed by atoms with Crippen molar-refractivity contribution in [3.8, 4) is 0 Å². The average Bonchev–Trinajstić information content (AvgIpc) is 2.95. The molecule has 1 atom stereocenters. The maximum absolute atomic E-state index is 2.40. The van der Waals surface area contributed by atoms with Gasteiger partial charge in [0.25, 0.3) is 0 Å². The van der Waals surface area contributed by atoms with Crippen LogP contribution in [0.4, 0.5) is 0 Å². The van der Waals surface area contributed by atoms with Crippen LogP contribution in [0.2, 0.25) is 0 Å². The molecule has 1 aliphatic carbocycles. The maximum Gasteiger partial charge on any atom is -1.00 e. The molecule has 1 aliphatic rings. The van der Waals surface area contributed by atoms with Gasteiger partial charge < -0.3 is 37.2 Å². The van der Waals surface area contributed by atoms with E-state index in [1.54, 1.807) is 0 Å². The first-order valence-electron chi connectivity index (χ1n) is 10.0. The minimum absolute atomic E-state index is 0. The van der Waals surface area contributed by atoms with Gasteiger partial charge in [-0.25, -0.2) is 0 Å². The Morgan fingerprint density at radius 3 is 1.52 bits per heavy atom. The van der Waals surface area contributed by atoms with Gasteiger partial charge in [-0.1, -0.05) is 0 Å². The molecule has 0 radical (unpaired) electrons. The van der Waals surface area contributed by atoms with Crippen LogP contribution in [0, 0.1) is 5.41 Å². The summed E-state index contributed by atoms with van der Waals surface area (Å²) in [7, 11) is 0. The second kappa shape index (κ2) is 10.7. The van der Waals surface area contributed by atoms with Gasteiger partial charge in [0.05, 0.1) is 0 Å². The van der Waals surface area contributed by atoms with Crippen LogP contribution in [0.1, 0.15) is 55.9 Å². The molecule has 0 spiro atoms. The molecule has 0 fully saturated rings. The summed E-state index contributed by atoms with van der Waals surface area (Å²) in [6, 6.07) is 31.3. The number of hydrogen-bond donors (Lipinski definition) is 0. The Morgan fingerprint density at radius 2 is 1.06 bits per heavy atom. The summed E-state index contributed by atoms with van der Waals surface area (Å²) in [5.41, 5.74) is 6.99. The zero-order valence-electron chi connectivity index (χ0n) is 18.3. The number of benzene rings is 3. The molecule has 0 amide bonds. The molecule has 31 heavy (non-hydrogen) atoms. The van der Waals surface area contributed by atoms with Gasteiger partial charge in [-0.05, 0) is 0 Å². The normalized spacial score (nSPS) is 15.4. The number of fused-ring (bicyclic) bond motifs is 1. The molecule has 1 unspecified atom stereocenters. The Labute approximate surface area is 217 Å². The van der Waals surface area contributed by atoms with Crippen LogP contribution in [0.5, 0.6) is 0 Å². The van der Waals surface area contributed by atoms with Crippen molar-refractivity contribution >= 4 is 3.88 Å². The van der Waals surface area contributed by atoms with Crippen LogP contribution in [-0.4, -0.2) is 0 Å². The van der Waals surface area contributed by atoms with Gasteiger partial charge >= 0.3 is 182 Å². The Balaban J connectivity index is 0.00000160. The van der Waals surface area contributed by atoms with E-state index in [0.29, 0.717) is 5.92 Å². The van der Waals surface area contributed by atoms with Gasteiger partial charge in [-0.15, -0.1) is 0 Å². The van der Waals surface area contributed by atoms with E-state index in [-0.39, 0.29) is 48.1 Å². The molecular weight excluding hydrogens is 479 g/mol. The zero-order chi connectivity index (χ0) is 19.9. The maximum atomic E-state index is 2.40. The Morgan fingerprint density at radius 1 is 0.645 bits per heavy atom. The number of rotatable bonds is 3. The first kappa shape index (κ1) is 28.0. The van der Waals surface area contributed by atoms with E-state index >= 15 is 0 Å². The Hall–Kier alpha value is -1.02. The summed E-state index contributed by atoms with van der Waals surface area (Å²) in [6.07, 6.45) is 0. The van der Waals surface area contributed by atoms with E-state index in [0.717, 1.165) is 0 Å². The third kappa shape index (κ3) is 4.43. The molecule has 0 heterocycles. The van der Waals surface area contributed by atoms with Gasteiger partial charge in [-0.3, -0.25) is 0 Å². The minimum atomic E-state index is -0.159. The van der Waals surface area contributed by atoms with Crippen LogP contribution in [0.25, 0.3) is 3.88 Å². The molecule has 4 heteroatoms. The van der Waals surface area contributed by atoms with Crippen LogP contribution in [0.3, 0.4) is 0 Å². The summed E-state index contributed by atoms with van der Waals surface area (Å²) in [4.78, 5) is 0. The predicted octanol–water partition coefficient (Wildman–Crippen LogP) is -1.89. The van der Waals surface area contributed by atoms with Gasteiger partial charge in [0.15, 0.2) is 0 Å². The molecule has 0 bridgehead atoms. The second-order valence-corrected chi connectivity index (χ2v) is 9.65. The minimum Gasteiger partial charge on any atom is -1.00 e. The first-order valence-corrected chi connectivity index (χ1v) is 10.8. The molecule has 0 aromatic heterocycles. The monoisotopic (exact) mass is 504 g/mol. The third-order valence-corrected chi connectivity index (χ3v) is 7.48. The quantitative estimate of drug-likeness (QED) is 0.365. The van der Waals surface area contributed by atoms with E-state index in [2.05, 4.69) is 133 Å².